The average molecular weight is 299 g/mol. The Balaban J connectivity index is 1.67. The van der Waals surface area contributed by atoms with E-state index in [1.54, 1.807) is 6.20 Å². The second-order valence-corrected chi connectivity index (χ2v) is 5.11. The van der Waals surface area contributed by atoms with Crippen LogP contribution in [0.4, 0.5) is 4.79 Å². The van der Waals surface area contributed by atoms with Crippen molar-refractivity contribution in [3.8, 4) is 5.75 Å². The average Bonchev–Trinajstić information content (AvgIpc) is 2.53. The summed E-state index contributed by atoms with van der Waals surface area (Å²) in [5, 5.41) is 5.58. The van der Waals surface area contributed by atoms with Crippen molar-refractivity contribution in [3.05, 3.63) is 59.9 Å². The Bertz CT molecular complexity index is 585. The van der Waals surface area contributed by atoms with Crippen LogP contribution < -0.4 is 15.4 Å². The van der Waals surface area contributed by atoms with Gasteiger partial charge in [-0.15, -0.1) is 0 Å². The molecule has 2 aromatic rings. The number of aryl methyl sites for hydroxylation is 1. The molecule has 116 valence electrons. The molecule has 0 spiro atoms. The van der Waals surface area contributed by atoms with E-state index in [1.165, 1.54) is 0 Å². The van der Waals surface area contributed by atoms with Crippen LogP contribution in [-0.4, -0.2) is 23.7 Å². The Morgan fingerprint density at radius 3 is 2.64 bits per heavy atom. The minimum atomic E-state index is -0.218. The van der Waals surface area contributed by atoms with Gasteiger partial charge in [0.2, 0.25) is 0 Å². The summed E-state index contributed by atoms with van der Waals surface area (Å²) in [7, 11) is 0. The standard InChI is InChI=1S/C17H21N3O2/c1-13-8-9-15(11-18-13)12-20-17(21)19-10-14(2)22-16-6-4-3-5-7-16/h3-9,11,14H,10,12H2,1-2H3,(H2,19,20,21). The molecule has 1 heterocycles. The molecular weight excluding hydrogens is 278 g/mol. The molecule has 2 rings (SSSR count). The lowest BCUT2D eigenvalue weighted by Crippen LogP contribution is -2.40. The number of benzene rings is 1. The van der Waals surface area contributed by atoms with E-state index in [4.69, 9.17) is 4.74 Å². The summed E-state index contributed by atoms with van der Waals surface area (Å²) in [4.78, 5) is 15.9. The first kappa shape index (κ1) is 15.8. The van der Waals surface area contributed by atoms with Gasteiger partial charge in [0, 0.05) is 18.4 Å². The predicted octanol–water partition coefficient (Wildman–Crippen LogP) is 2.66. The van der Waals surface area contributed by atoms with Crippen molar-refractivity contribution < 1.29 is 9.53 Å². The van der Waals surface area contributed by atoms with Gasteiger partial charge in [0.15, 0.2) is 0 Å². The van der Waals surface area contributed by atoms with Gasteiger partial charge in [0.05, 0.1) is 6.54 Å². The third kappa shape index (κ3) is 5.44. The van der Waals surface area contributed by atoms with Gasteiger partial charge in [-0.25, -0.2) is 4.79 Å². The summed E-state index contributed by atoms with van der Waals surface area (Å²) in [6, 6.07) is 13.2. The van der Waals surface area contributed by atoms with Gasteiger partial charge in [0.1, 0.15) is 11.9 Å². The van der Waals surface area contributed by atoms with Gasteiger partial charge in [-0.3, -0.25) is 4.98 Å². The fourth-order valence-corrected chi connectivity index (χ4v) is 1.86. The first-order valence-corrected chi connectivity index (χ1v) is 7.28. The lowest BCUT2D eigenvalue weighted by Gasteiger charge is -2.15. The fourth-order valence-electron chi connectivity index (χ4n) is 1.86. The molecule has 1 aromatic heterocycles. The minimum absolute atomic E-state index is 0.103. The van der Waals surface area contributed by atoms with Gasteiger partial charge in [-0.1, -0.05) is 24.3 Å². The van der Waals surface area contributed by atoms with Crippen molar-refractivity contribution in [2.45, 2.75) is 26.5 Å². The molecule has 0 saturated heterocycles. The normalized spacial score (nSPS) is 11.5. The van der Waals surface area contributed by atoms with Crippen molar-refractivity contribution in [2.75, 3.05) is 6.54 Å². The number of urea groups is 1. The summed E-state index contributed by atoms with van der Waals surface area (Å²) in [6.45, 7) is 4.73. The molecule has 5 heteroatoms. The summed E-state index contributed by atoms with van der Waals surface area (Å²) in [6.07, 6.45) is 1.66. The number of carbonyl (C=O) groups is 1. The van der Waals surface area contributed by atoms with Gasteiger partial charge < -0.3 is 15.4 Å². The number of carbonyl (C=O) groups excluding carboxylic acids is 1. The smallest absolute Gasteiger partial charge is 0.315 e. The highest BCUT2D eigenvalue weighted by molar-refractivity contribution is 5.73. The van der Waals surface area contributed by atoms with Crippen molar-refractivity contribution in [1.29, 1.82) is 0 Å². The number of amides is 2. The molecule has 0 aliphatic rings. The SMILES string of the molecule is Cc1ccc(CNC(=O)NCC(C)Oc2ccccc2)cn1. The van der Waals surface area contributed by atoms with E-state index < -0.39 is 0 Å². The maximum absolute atomic E-state index is 11.7. The Morgan fingerprint density at radius 2 is 1.95 bits per heavy atom. The number of aromatic nitrogens is 1. The van der Waals surface area contributed by atoms with Crippen LogP contribution in [0.5, 0.6) is 5.75 Å². The maximum atomic E-state index is 11.7. The number of rotatable bonds is 6. The molecule has 0 aliphatic heterocycles. The molecule has 1 aromatic carbocycles. The van der Waals surface area contributed by atoms with Crippen LogP contribution in [0.1, 0.15) is 18.2 Å². The van der Waals surface area contributed by atoms with E-state index in [-0.39, 0.29) is 12.1 Å². The second kappa shape index (κ2) is 8.02. The zero-order chi connectivity index (χ0) is 15.8. The fraction of sp³-hybridized carbons (Fsp3) is 0.294. The molecule has 2 amide bonds. The number of para-hydroxylation sites is 1. The topological polar surface area (TPSA) is 63.2 Å². The van der Waals surface area contributed by atoms with Gasteiger partial charge in [-0.05, 0) is 37.6 Å². The Hall–Kier alpha value is -2.56. The van der Waals surface area contributed by atoms with E-state index >= 15 is 0 Å². The minimum Gasteiger partial charge on any atom is -0.489 e. The van der Waals surface area contributed by atoms with Crippen LogP contribution in [0.25, 0.3) is 0 Å². The lowest BCUT2D eigenvalue weighted by atomic mass is 10.2. The van der Waals surface area contributed by atoms with Crippen LogP contribution >= 0.6 is 0 Å². The first-order valence-electron chi connectivity index (χ1n) is 7.28. The molecule has 1 unspecified atom stereocenters. The van der Waals surface area contributed by atoms with Crippen LogP contribution in [0.2, 0.25) is 0 Å². The molecule has 0 bridgehead atoms. The summed E-state index contributed by atoms with van der Waals surface area (Å²) >= 11 is 0. The first-order chi connectivity index (χ1) is 10.6. The molecule has 22 heavy (non-hydrogen) atoms. The summed E-state index contributed by atoms with van der Waals surface area (Å²) < 4.78 is 5.69. The lowest BCUT2D eigenvalue weighted by molar-refractivity contribution is 0.207. The largest absolute Gasteiger partial charge is 0.489 e. The van der Waals surface area contributed by atoms with E-state index in [9.17, 15) is 4.79 Å². The number of ether oxygens (including phenoxy) is 1. The zero-order valence-electron chi connectivity index (χ0n) is 12.9. The Kier molecular flexibility index (Phi) is 5.77. The number of pyridine rings is 1. The van der Waals surface area contributed by atoms with E-state index in [2.05, 4.69) is 15.6 Å². The van der Waals surface area contributed by atoms with Gasteiger partial charge in [0.25, 0.3) is 0 Å². The molecule has 2 N–H and O–H groups in total. The van der Waals surface area contributed by atoms with Crippen molar-refractivity contribution in [3.63, 3.8) is 0 Å². The van der Waals surface area contributed by atoms with Crippen LogP contribution in [0, 0.1) is 6.92 Å². The maximum Gasteiger partial charge on any atom is 0.315 e. The van der Waals surface area contributed by atoms with Crippen molar-refractivity contribution >= 4 is 6.03 Å². The zero-order valence-corrected chi connectivity index (χ0v) is 12.9. The van der Waals surface area contributed by atoms with E-state index in [0.29, 0.717) is 13.1 Å². The summed E-state index contributed by atoms with van der Waals surface area (Å²) in [5.41, 5.74) is 1.93. The summed E-state index contributed by atoms with van der Waals surface area (Å²) in [5.74, 6) is 0.794. The Morgan fingerprint density at radius 1 is 1.18 bits per heavy atom. The Labute approximate surface area is 130 Å². The van der Waals surface area contributed by atoms with Crippen LogP contribution in [0.3, 0.4) is 0 Å². The highest BCUT2D eigenvalue weighted by atomic mass is 16.5. The number of nitrogens with one attached hydrogen (secondary N) is 2. The molecule has 5 nitrogen and oxygen atoms in total. The molecule has 1 atom stereocenters. The van der Waals surface area contributed by atoms with Crippen LogP contribution in [-0.2, 0) is 6.54 Å². The molecule has 0 fully saturated rings. The van der Waals surface area contributed by atoms with Gasteiger partial charge in [-0.2, -0.15) is 0 Å². The van der Waals surface area contributed by atoms with E-state index in [0.717, 1.165) is 17.0 Å². The third-order valence-electron chi connectivity index (χ3n) is 3.06. The second-order valence-electron chi connectivity index (χ2n) is 5.11. The molecule has 0 radical (unpaired) electrons. The van der Waals surface area contributed by atoms with Crippen LogP contribution in [0.15, 0.2) is 48.7 Å². The number of hydrogen-bond donors (Lipinski definition) is 2. The predicted molar refractivity (Wildman–Crippen MR) is 85.7 cm³/mol. The third-order valence-corrected chi connectivity index (χ3v) is 3.06. The molecule has 0 aliphatic carbocycles. The monoisotopic (exact) mass is 299 g/mol. The number of nitrogens with zero attached hydrogens (tertiary/aromatic N) is 1. The molecular formula is C17H21N3O2. The van der Waals surface area contributed by atoms with Crippen molar-refractivity contribution in [2.24, 2.45) is 0 Å². The number of hydrogen-bond acceptors (Lipinski definition) is 3. The van der Waals surface area contributed by atoms with Gasteiger partial charge >= 0.3 is 6.03 Å². The molecule has 0 saturated carbocycles. The van der Waals surface area contributed by atoms with Crippen molar-refractivity contribution in [1.82, 2.24) is 15.6 Å². The highest BCUT2D eigenvalue weighted by Gasteiger charge is 2.06. The van der Waals surface area contributed by atoms with E-state index in [1.807, 2.05) is 56.3 Å². The highest BCUT2D eigenvalue weighted by Crippen LogP contribution is 2.10. The quantitative estimate of drug-likeness (QED) is 0.862.